The minimum absolute atomic E-state index is 0.195. The highest BCUT2D eigenvalue weighted by Crippen LogP contribution is 2.28. The van der Waals surface area contributed by atoms with Gasteiger partial charge in [-0.05, 0) is 40.2 Å². The van der Waals surface area contributed by atoms with Gasteiger partial charge in [0.25, 0.3) is 0 Å². The molecule has 0 aliphatic heterocycles. The predicted molar refractivity (Wildman–Crippen MR) is 58.9 cm³/mol. The number of halogens is 4. The van der Waals surface area contributed by atoms with Crippen molar-refractivity contribution in [2.75, 3.05) is 0 Å². The molecule has 0 aromatic heterocycles. The van der Waals surface area contributed by atoms with E-state index < -0.39 is 11.3 Å². The van der Waals surface area contributed by atoms with Crippen molar-refractivity contribution in [3.63, 3.8) is 0 Å². The molecule has 1 nitrogen and oxygen atoms in total. The van der Waals surface area contributed by atoms with Gasteiger partial charge < -0.3 is 0 Å². The van der Waals surface area contributed by atoms with Gasteiger partial charge in [0.1, 0.15) is 0 Å². The number of hydrogen-bond donors (Lipinski definition) is 0. The van der Waals surface area contributed by atoms with Crippen molar-refractivity contribution in [3.05, 3.63) is 34.9 Å². The van der Waals surface area contributed by atoms with Gasteiger partial charge in [0.15, 0.2) is 5.78 Å². The number of ketones is 1. The van der Waals surface area contributed by atoms with Crippen molar-refractivity contribution in [3.8, 4) is 0 Å². The van der Waals surface area contributed by atoms with E-state index in [9.17, 15) is 13.6 Å². The van der Waals surface area contributed by atoms with Crippen LogP contribution in [0.15, 0.2) is 24.3 Å². The molecule has 0 aliphatic carbocycles. The molecule has 0 bridgehead atoms. The van der Waals surface area contributed by atoms with E-state index in [1.165, 1.54) is 12.1 Å². The van der Waals surface area contributed by atoms with Crippen molar-refractivity contribution >= 4 is 33.3 Å². The highest BCUT2D eigenvalue weighted by atomic mass is 79.9. The highest BCUT2D eigenvalue weighted by Gasteiger charge is 2.24. The van der Waals surface area contributed by atoms with Gasteiger partial charge >= 0.3 is 4.83 Å². The summed E-state index contributed by atoms with van der Waals surface area (Å²) >= 11 is 7.81. The van der Waals surface area contributed by atoms with Gasteiger partial charge in [0, 0.05) is 23.4 Å². The molecule has 0 aliphatic rings. The summed E-state index contributed by atoms with van der Waals surface area (Å²) in [6.07, 6.45) is -0.700. The lowest BCUT2D eigenvalue weighted by Crippen LogP contribution is -2.09. The molecule has 15 heavy (non-hydrogen) atoms. The third-order valence-corrected chi connectivity index (χ3v) is 2.45. The molecule has 0 heterocycles. The molecule has 1 aromatic rings. The molecule has 0 radical (unpaired) electrons. The maximum absolute atomic E-state index is 12.4. The van der Waals surface area contributed by atoms with Crippen molar-refractivity contribution in [2.45, 2.75) is 17.7 Å². The molecule has 0 saturated heterocycles. The van der Waals surface area contributed by atoms with Gasteiger partial charge in [0.05, 0.1) is 0 Å². The van der Waals surface area contributed by atoms with E-state index in [1.807, 2.05) is 0 Å². The summed E-state index contributed by atoms with van der Waals surface area (Å²) in [5.41, 5.74) is 0.399. The van der Waals surface area contributed by atoms with Gasteiger partial charge in [-0.1, -0.05) is 11.6 Å². The fourth-order valence-corrected chi connectivity index (χ4v) is 1.36. The first kappa shape index (κ1) is 12.6. The Kier molecular flexibility index (Phi) is 4.22. The fourth-order valence-electron chi connectivity index (χ4n) is 1.04. The molecule has 1 aromatic carbocycles. The zero-order valence-corrected chi connectivity index (χ0v) is 9.99. The number of Topliss-reactive ketones (excluding diaryl/α,β-unsaturated/α-hetero) is 1. The molecule has 0 saturated carbocycles. The Labute approximate surface area is 99.6 Å². The third kappa shape index (κ3) is 4.71. The summed E-state index contributed by atoms with van der Waals surface area (Å²) in [5.74, 6) is -0.314. The SMILES string of the molecule is O=C(CCC(F)(F)Br)c1ccc(Cl)cc1. The van der Waals surface area contributed by atoms with Crippen LogP contribution in [0.2, 0.25) is 5.02 Å². The van der Waals surface area contributed by atoms with E-state index in [2.05, 4.69) is 15.9 Å². The smallest absolute Gasteiger partial charge is 0.294 e. The predicted octanol–water partition coefficient (Wildman–Crippen LogP) is 4.29. The molecular weight excluding hydrogens is 289 g/mol. The van der Waals surface area contributed by atoms with Crippen molar-refractivity contribution in [2.24, 2.45) is 0 Å². The van der Waals surface area contributed by atoms with E-state index in [0.29, 0.717) is 10.6 Å². The van der Waals surface area contributed by atoms with Crippen LogP contribution in [0.4, 0.5) is 8.78 Å². The molecular formula is C10H8BrClF2O. The Morgan fingerprint density at radius 3 is 2.33 bits per heavy atom. The summed E-state index contributed by atoms with van der Waals surface area (Å²) in [6, 6.07) is 6.16. The first-order chi connectivity index (χ1) is 6.88. The summed E-state index contributed by atoms with van der Waals surface area (Å²) in [7, 11) is 0. The minimum atomic E-state index is -2.98. The molecule has 0 N–H and O–H groups in total. The van der Waals surface area contributed by atoms with Crippen molar-refractivity contribution in [1.29, 1.82) is 0 Å². The topological polar surface area (TPSA) is 17.1 Å². The zero-order valence-electron chi connectivity index (χ0n) is 7.64. The normalized spacial score (nSPS) is 11.5. The Morgan fingerprint density at radius 2 is 1.87 bits per heavy atom. The number of carbonyl (C=O) groups excluding carboxylic acids is 1. The van der Waals surface area contributed by atoms with Gasteiger partial charge in [-0.3, -0.25) is 4.79 Å². The molecule has 0 amide bonds. The maximum atomic E-state index is 12.4. The highest BCUT2D eigenvalue weighted by molar-refractivity contribution is 9.09. The zero-order chi connectivity index (χ0) is 11.5. The number of carbonyl (C=O) groups is 1. The Morgan fingerprint density at radius 1 is 1.33 bits per heavy atom. The summed E-state index contributed by atoms with van der Waals surface area (Å²) in [5, 5.41) is 0.511. The quantitative estimate of drug-likeness (QED) is 0.598. The first-order valence-electron chi connectivity index (χ1n) is 4.24. The Bertz CT molecular complexity index is 345. The second-order valence-corrected chi connectivity index (χ2v) is 4.64. The molecule has 0 unspecified atom stereocenters. The molecule has 0 spiro atoms. The number of hydrogen-bond acceptors (Lipinski definition) is 1. The lowest BCUT2D eigenvalue weighted by molar-refractivity contribution is 0.0827. The number of alkyl halides is 3. The van der Waals surface area contributed by atoms with Crippen LogP contribution in [0.25, 0.3) is 0 Å². The number of rotatable bonds is 4. The van der Waals surface area contributed by atoms with E-state index in [0.717, 1.165) is 0 Å². The second kappa shape index (κ2) is 5.03. The van der Waals surface area contributed by atoms with Crippen LogP contribution in [-0.4, -0.2) is 10.6 Å². The van der Waals surface area contributed by atoms with Crippen LogP contribution in [0.3, 0.4) is 0 Å². The van der Waals surface area contributed by atoms with E-state index in [1.54, 1.807) is 12.1 Å². The van der Waals surface area contributed by atoms with Gasteiger partial charge in [0.2, 0.25) is 0 Å². The molecule has 5 heteroatoms. The Balaban J connectivity index is 2.58. The van der Waals surface area contributed by atoms with Crippen molar-refractivity contribution in [1.82, 2.24) is 0 Å². The number of benzene rings is 1. The van der Waals surface area contributed by atoms with Crippen molar-refractivity contribution < 1.29 is 13.6 Å². The molecule has 1 rings (SSSR count). The summed E-state index contributed by atoms with van der Waals surface area (Å²) < 4.78 is 24.8. The minimum Gasteiger partial charge on any atom is -0.294 e. The lowest BCUT2D eigenvalue weighted by atomic mass is 10.1. The van der Waals surface area contributed by atoms with Crippen LogP contribution >= 0.6 is 27.5 Å². The Hall–Kier alpha value is -0.480. The first-order valence-corrected chi connectivity index (χ1v) is 5.41. The molecule has 82 valence electrons. The van der Waals surface area contributed by atoms with Crippen LogP contribution in [0, 0.1) is 0 Å². The molecule has 0 fully saturated rings. The van der Waals surface area contributed by atoms with Gasteiger partial charge in [-0.25, -0.2) is 0 Å². The largest absolute Gasteiger partial charge is 0.301 e. The summed E-state index contributed by atoms with van der Waals surface area (Å²) in [6.45, 7) is 0. The van der Waals surface area contributed by atoms with Gasteiger partial charge in [-0.15, -0.1) is 0 Å². The monoisotopic (exact) mass is 296 g/mol. The van der Waals surface area contributed by atoms with Gasteiger partial charge in [-0.2, -0.15) is 8.78 Å². The fraction of sp³-hybridized carbons (Fsp3) is 0.300. The standard InChI is InChI=1S/C10H8BrClF2O/c11-10(13,14)6-5-9(15)7-1-3-8(12)4-2-7/h1-4H,5-6H2. The van der Waals surface area contributed by atoms with Crippen LogP contribution in [0.1, 0.15) is 23.2 Å². The van der Waals surface area contributed by atoms with E-state index in [4.69, 9.17) is 11.6 Å². The van der Waals surface area contributed by atoms with E-state index >= 15 is 0 Å². The average molecular weight is 298 g/mol. The van der Waals surface area contributed by atoms with Crippen LogP contribution in [0.5, 0.6) is 0 Å². The maximum Gasteiger partial charge on any atom is 0.301 e. The second-order valence-electron chi connectivity index (χ2n) is 3.05. The molecule has 0 atom stereocenters. The van der Waals surface area contributed by atoms with Crippen LogP contribution in [-0.2, 0) is 0 Å². The van der Waals surface area contributed by atoms with E-state index in [-0.39, 0.29) is 12.2 Å². The third-order valence-electron chi connectivity index (χ3n) is 1.80. The summed E-state index contributed by atoms with van der Waals surface area (Å²) in [4.78, 5) is 8.43. The lowest BCUT2D eigenvalue weighted by Gasteiger charge is -2.06. The van der Waals surface area contributed by atoms with Crippen LogP contribution < -0.4 is 0 Å². The average Bonchev–Trinajstić information content (AvgIpc) is 2.14.